The molecule has 3 heteroatoms. The zero-order valence-electron chi connectivity index (χ0n) is 4.39. The summed E-state index contributed by atoms with van der Waals surface area (Å²) in [6.07, 6.45) is 0.215. The van der Waals surface area contributed by atoms with Crippen molar-refractivity contribution in [3.63, 3.8) is 0 Å². The largest absolute Gasteiger partial charge is 2.00 e. The van der Waals surface area contributed by atoms with Crippen molar-refractivity contribution >= 4 is 0 Å². The number of hydrogen-bond donors (Lipinski definition) is 2. The molecule has 0 saturated heterocycles. The van der Waals surface area contributed by atoms with Gasteiger partial charge in [0.15, 0.2) is 6.29 Å². The summed E-state index contributed by atoms with van der Waals surface area (Å²) < 4.78 is 0. The van der Waals surface area contributed by atoms with Crippen LogP contribution < -0.4 is 0 Å². The van der Waals surface area contributed by atoms with Crippen LogP contribution in [-0.4, -0.2) is 16.5 Å². The third-order valence-electron chi connectivity index (χ3n) is 0.547. The summed E-state index contributed by atoms with van der Waals surface area (Å²) in [6, 6.07) is 0. The molecule has 0 bridgehead atoms. The third-order valence-corrected chi connectivity index (χ3v) is 0.547. The summed E-state index contributed by atoms with van der Waals surface area (Å²) >= 11 is 0. The van der Waals surface area contributed by atoms with Crippen LogP contribution in [0.3, 0.4) is 0 Å². The predicted molar refractivity (Wildman–Crippen MR) is 23.1 cm³/mol. The molecular weight excluding hydrogens is 128 g/mol. The molecule has 0 aromatic rings. The Balaban J connectivity index is 0. The molecule has 0 saturated carbocycles. The van der Waals surface area contributed by atoms with Crippen LogP contribution in [0.2, 0.25) is 0 Å². The fourth-order valence-corrected chi connectivity index (χ4v) is 0.258. The van der Waals surface area contributed by atoms with Gasteiger partial charge in [0.05, 0.1) is 0 Å². The van der Waals surface area contributed by atoms with Gasteiger partial charge in [0.25, 0.3) is 0 Å². The van der Waals surface area contributed by atoms with E-state index in [4.69, 9.17) is 10.2 Å². The van der Waals surface area contributed by atoms with Crippen LogP contribution in [0.25, 0.3) is 0 Å². The molecule has 7 heavy (non-hydrogen) atoms. The molecule has 2 N–H and O–H groups in total. The zero-order chi connectivity index (χ0) is 4.99. The van der Waals surface area contributed by atoms with Crippen LogP contribution in [0.4, 0.5) is 0 Å². The molecule has 0 aromatic heterocycles. The first-order valence-electron chi connectivity index (χ1n) is 2.13. The molecular formula is C4H10O2Ti+2. The topological polar surface area (TPSA) is 40.5 Å². The predicted octanol–water partition coefficient (Wildman–Crippen LogP) is 0.0947. The third kappa shape index (κ3) is 10.8. The van der Waals surface area contributed by atoms with Crippen molar-refractivity contribution in [1.29, 1.82) is 0 Å². The molecule has 0 radical (unpaired) electrons. The molecule has 0 unspecified atom stereocenters. The Morgan fingerprint density at radius 3 is 1.86 bits per heavy atom. The first-order chi connectivity index (χ1) is 2.77. The van der Waals surface area contributed by atoms with Crippen LogP contribution in [0.5, 0.6) is 0 Å². The van der Waals surface area contributed by atoms with E-state index >= 15 is 0 Å². The Hall–Kier alpha value is 0.634. The molecule has 0 rings (SSSR count). The van der Waals surface area contributed by atoms with E-state index in [2.05, 4.69) is 0 Å². The fourth-order valence-electron chi connectivity index (χ4n) is 0.258. The van der Waals surface area contributed by atoms with Gasteiger partial charge >= 0.3 is 21.7 Å². The molecule has 0 aliphatic carbocycles. The second-order valence-electron chi connectivity index (χ2n) is 1.27. The van der Waals surface area contributed by atoms with Crippen molar-refractivity contribution in [2.75, 3.05) is 0 Å². The molecule has 0 aromatic carbocycles. The van der Waals surface area contributed by atoms with Gasteiger partial charge in [0.2, 0.25) is 0 Å². The van der Waals surface area contributed by atoms with Crippen LogP contribution in [-0.2, 0) is 21.7 Å². The SMILES string of the molecule is CCCC(O)O.[Ti+2]. The van der Waals surface area contributed by atoms with Crippen molar-refractivity contribution in [1.82, 2.24) is 0 Å². The average Bonchev–Trinajstić information content (AvgIpc) is 1.35. The van der Waals surface area contributed by atoms with Gasteiger partial charge in [0.1, 0.15) is 0 Å². The zero-order valence-corrected chi connectivity index (χ0v) is 5.95. The van der Waals surface area contributed by atoms with E-state index in [9.17, 15) is 0 Å². The minimum atomic E-state index is -1.10. The Morgan fingerprint density at radius 2 is 1.86 bits per heavy atom. The second-order valence-corrected chi connectivity index (χ2v) is 1.27. The maximum atomic E-state index is 8.11. The quantitative estimate of drug-likeness (QED) is 0.419. The Bertz CT molecular complexity index is 30.9. The molecule has 0 aliphatic heterocycles. The number of rotatable bonds is 2. The van der Waals surface area contributed by atoms with Gasteiger partial charge in [-0.1, -0.05) is 13.3 Å². The molecule has 0 aliphatic rings. The molecule has 0 spiro atoms. The smallest absolute Gasteiger partial charge is 0.368 e. The van der Waals surface area contributed by atoms with Gasteiger partial charge < -0.3 is 10.2 Å². The molecule has 40 valence electrons. The van der Waals surface area contributed by atoms with Crippen LogP contribution in [0.15, 0.2) is 0 Å². The van der Waals surface area contributed by atoms with Gasteiger partial charge in [-0.15, -0.1) is 0 Å². The maximum absolute atomic E-state index is 8.11. The van der Waals surface area contributed by atoms with E-state index in [1.165, 1.54) is 0 Å². The normalized spacial score (nSPS) is 8.57. The van der Waals surface area contributed by atoms with Crippen molar-refractivity contribution in [2.45, 2.75) is 26.1 Å². The van der Waals surface area contributed by atoms with Gasteiger partial charge in [0, 0.05) is 0 Å². The minimum absolute atomic E-state index is 0. The standard InChI is InChI=1S/C4H10O2.Ti/c1-2-3-4(5)6;/h4-6H,2-3H2,1H3;/q;+2. The Kier molecular flexibility index (Phi) is 10.0. The van der Waals surface area contributed by atoms with Gasteiger partial charge in [-0.2, -0.15) is 0 Å². The number of hydrogen-bond acceptors (Lipinski definition) is 2. The van der Waals surface area contributed by atoms with Gasteiger partial charge in [-0.3, -0.25) is 0 Å². The number of aliphatic hydroxyl groups is 2. The molecule has 0 amide bonds. The van der Waals surface area contributed by atoms with E-state index in [1.807, 2.05) is 6.92 Å². The van der Waals surface area contributed by atoms with E-state index in [0.717, 1.165) is 6.42 Å². The average molecular weight is 138 g/mol. The summed E-state index contributed by atoms with van der Waals surface area (Å²) in [6.45, 7) is 1.90. The van der Waals surface area contributed by atoms with E-state index in [0.29, 0.717) is 6.42 Å². The summed E-state index contributed by atoms with van der Waals surface area (Å²) in [5.74, 6) is 0. The van der Waals surface area contributed by atoms with Crippen LogP contribution in [0, 0.1) is 0 Å². The second kappa shape index (κ2) is 6.63. The maximum Gasteiger partial charge on any atom is 2.00 e. The van der Waals surface area contributed by atoms with Gasteiger partial charge in [-0.05, 0) is 6.42 Å². The van der Waals surface area contributed by atoms with Crippen LogP contribution >= 0.6 is 0 Å². The number of aliphatic hydroxyl groups excluding tert-OH is 1. The summed E-state index contributed by atoms with van der Waals surface area (Å²) in [5, 5.41) is 16.2. The monoisotopic (exact) mass is 138 g/mol. The molecule has 0 atom stereocenters. The fraction of sp³-hybridized carbons (Fsp3) is 1.00. The summed E-state index contributed by atoms with van der Waals surface area (Å²) in [7, 11) is 0. The molecule has 0 fully saturated rings. The molecule has 2 nitrogen and oxygen atoms in total. The minimum Gasteiger partial charge on any atom is -0.368 e. The summed E-state index contributed by atoms with van der Waals surface area (Å²) in [5.41, 5.74) is 0. The Morgan fingerprint density at radius 1 is 1.43 bits per heavy atom. The van der Waals surface area contributed by atoms with E-state index < -0.39 is 6.29 Å². The van der Waals surface area contributed by atoms with Crippen molar-refractivity contribution in [3.8, 4) is 0 Å². The van der Waals surface area contributed by atoms with Crippen molar-refractivity contribution in [3.05, 3.63) is 0 Å². The summed E-state index contributed by atoms with van der Waals surface area (Å²) in [4.78, 5) is 0. The van der Waals surface area contributed by atoms with Gasteiger partial charge in [-0.25, -0.2) is 0 Å². The van der Waals surface area contributed by atoms with Crippen molar-refractivity contribution in [2.24, 2.45) is 0 Å². The first kappa shape index (κ1) is 10.6. The molecule has 0 heterocycles. The van der Waals surface area contributed by atoms with E-state index in [-0.39, 0.29) is 21.7 Å². The van der Waals surface area contributed by atoms with Crippen molar-refractivity contribution < 1.29 is 31.9 Å². The first-order valence-corrected chi connectivity index (χ1v) is 2.13. The Labute approximate surface area is 58.4 Å². The van der Waals surface area contributed by atoms with E-state index in [1.54, 1.807) is 0 Å². The van der Waals surface area contributed by atoms with Crippen LogP contribution in [0.1, 0.15) is 19.8 Å².